The van der Waals surface area contributed by atoms with E-state index >= 15 is 0 Å². The number of aryl methyl sites for hydroxylation is 1. The average molecular weight is 441 g/mol. The fourth-order valence-corrected chi connectivity index (χ4v) is 5.18. The first-order chi connectivity index (χ1) is 14.9. The van der Waals surface area contributed by atoms with Crippen molar-refractivity contribution in [2.75, 3.05) is 13.2 Å². The molecular formula is C23H24N2O5S. The first-order valence-electron chi connectivity index (χ1n) is 10.2. The lowest BCUT2D eigenvalue weighted by Crippen LogP contribution is -2.37. The number of rotatable bonds is 6. The summed E-state index contributed by atoms with van der Waals surface area (Å²) in [7, 11) is -4.04. The predicted molar refractivity (Wildman–Crippen MR) is 117 cm³/mol. The van der Waals surface area contributed by atoms with E-state index in [0.717, 1.165) is 18.4 Å². The van der Waals surface area contributed by atoms with E-state index in [1.54, 1.807) is 30.3 Å². The summed E-state index contributed by atoms with van der Waals surface area (Å²) in [5, 5.41) is 3.38. The second kappa shape index (κ2) is 8.64. The minimum absolute atomic E-state index is 0.0233. The molecule has 7 nitrogen and oxygen atoms in total. The van der Waals surface area contributed by atoms with E-state index in [2.05, 4.69) is 5.32 Å². The van der Waals surface area contributed by atoms with Gasteiger partial charge in [0.25, 0.3) is 5.56 Å². The summed E-state index contributed by atoms with van der Waals surface area (Å²) in [6.07, 6.45) is 1.82. The molecule has 2 heterocycles. The van der Waals surface area contributed by atoms with E-state index < -0.39 is 15.4 Å². The summed E-state index contributed by atoms with van der Waals surface area (Å²) >= 11 is 0. The van der Waals surface area contributed by atoms with Gasteiger partial charge in [0, 0.05) is 18.5 Å². The molecule has 3 aromatic rings. The van der Waals surface area contributed by atoms with Crippen LogP contribution in [0.2, 0.25) is 0 Å². The first-order valence-corrected chi connectivity index (χ1v) is 11.7. The van der Waals surface area contributed by atoms with Crippen LogP contribution >= 0.6 is 0 Å². The Balaban J connectivity index is 1.76. The Bertz CT molecular complexity index is 1280. The molecule has 0 unspecified atom stereocenters. The highest BCUT2D eigenvalue weighted by atomic mass is 32.2. The molecule has 0 aliphatic carbocycles. The Morgan fingerprint density at radius 3 is 2.65 bits per heavy atom. The lowest BCUT2D eigenvalue weighted by Gasteiger charge is -2.15. The van der Waals surface area contributed by atoms with Crippen molar-refractivity contribution in [3.05, 3.63) is 70.5 Å². The van der Waals surface area contributed by atoms with Crippen molar-refractivity contribution in [2.24, 2.45) is 0 Å². The molecule has 2 aromatic carbocycles. The van der Waals surface area contributed by atoms with Crippen molar-refractivity contribution >= 4 is 26.6 Å². The van der Waals surface area contributed by atoms with E-state index in [1.807, 2.05) is 13.0 Å². The van der Waals surface area contributed by atoms with E-state index in [4.69, 9.17) is 4.74 Å². The lowest BCUT2D eigenvalue weighted by molar-refractivity contribution is -0.122. The van der Waals surface area contributed by atoms with E-state index in [1.165, 1.54) is 22.8 Å². The Labute approximate surface area is 180 Å². The zero-order valence-corrected chi connectivity index (χ0v) is 18.0. The number of nitrogens with one attached hydrogen (secondary N) is 1. The van der Waals surface area contributed by atoms with E-state index in [0.29, 0.717) is 24.1 Å². The molecule has 1 aliphatic rings. The molecule has 8 heteroatoms. The smallest absolute Gasteiger partial charge is 0.270 e. The number of pyridine rings is 1. The van der Waals surface area contributed by atoms with Gasteiger partial charge in [-0.25, -0.2) is 8.42 Å². The number of aromatic nitrogens is 1. The molecule has 1 atom stereocenters. The molecule has 1 N–H and O–H groups in total. The number of carbonyl (C=O) groups excluding carboxylic acids is 1. The lowest BCUT2D eigenvalue weighted by atomic mass is 10.1. The maximum Gasteiger partial charge on any atom is 0.270 e. The number of nitrogens with zero attached hydrogens (tertiary/aromatic N) is 1. The van der Waals surface area contributed by atoms with Crippen LogP contribution in [0.15, 0.2) is 69.2 Å². The average Bonchev–Trinajstić information content (AvgIpc) is 3.28. The van der Waals surface area contributed by atoms with Crippen LogP contribution in [-0.2, 0) is 25.9 Å². The van der Waals surface area contributed by atoms with E-state index in [-0.39, 0.29) is 28.3 Å². The largest absolute Gasteiger partial charge is 0.376 e. The second-order valence-electron chi connectivity index (χ2n) is 7.72. The zero-order valence-electron chi connectivity index (χ0n) is 17.2. The summed E-state index contributed by atoms with van der Waals surface area (Å²) in [6, 6.07) is 14.6. The molecule has 0 saturated carbocycles. The fourth-order valence-electron chi connectivity index (χ4n) is 3.79. The third-order valence-electron chi connectivity index (χ3n) is 5.41. The van der Waals surface area contributed by atoms with Crippen LogP contribution in [0.3, 0.4) is 0 Å². The van der Waals surface area contributed by atoms with Crippen LogP contribution < -0.4 is 10.9 Å². The quantitative estimate of drug-likeness (QED) is 0.635. The van der Waals surface area contributed by atoms with E-state index in [9.17, 15) is 18.0 Å². The van der Waals surface area contributed by atoms with Gasteiger partial charge in [0.1, 0.15) is 11.4 Å². The normalized spacial score (nSPS) is 16.5. The number of carbonyl (C=O) groups is 1. The maximum absolute atomic E-state index is 13.3. The summed E-state index contributed by atoms with van der Waals surface area (Å²) in [4.78, 5) is 25.5. The number of amides is 1. The van der Waals surface area contributed by atoms with Gasteiger partial charge in [0.05, 0.1) is 16.5 Å². The molecule has 162 valence electrons. The Morgan fingerprint density at radius 2 is 1.94 bits per heavy atom. The van der Waals surface area contributed by atoms with Crippen molar-refractivity contribution in [1.29, 1.82) is 0 Å². The Morgan fingerprint density at radius 1 is 1.16 bits per heavy atom. The number of sulfone groups is 1. The zero-order chi connectivity index (χ0) is 22.0. The summed E-state index contributed by atoms with van der Waals surface area (Å²) in [6.45, 7) is 2.66. The first kappa shape index (κ1) is 21.3. The monoisotopic (exact) mass is 440 g/mol. The molecule has 0 bridgehead atoms. The van der Waals surface area contributed by atoms with Gasteiger partial charge in [-0.15, -0.1) is 0 Å². The van der Waals surface area contributed by atoms with Crippen molar-refractivity contribution in [3.63, 3.8) is 0 Å². The van der Waals surface area contributed by atoms with Gasteiger partial charge >= 0.3 is 0 Å². The van der Waals surface area contributed by atoms with Gasteiger partial charge in [-0.2, -0.15) is 0 Å². The van der Waals surface area contributed by atoms with Crippen LogP contribution in [0.4, 0.5) is 0 Å². The molecule has 1 fully saturated rings. The Hall–Kier alpha value is -2.97. The van der Waals surface area contributed by atoms with Gasteiger partial charge in [0.15, 0.2) is 0 Å². The van der Waals surface area contributed by atoms with Crippen molar-refractivity contribution in [2.45, 2.75) is 42.2 Å². The minimum atomic E-state index is -4.04. The molecular weight excluding hydrogens is 416 g/mol. The molecule has 1 aliphatic heterocycles. The highest BCUT2D eigenvalue weighted by molar-refractivity contribution is 7.91. The fraction of sp³-hybridized carbons (Fsp3) is 0.304. The molecule has 0 radical (unpaired) electrons. The number of benzene rings is 2. The topological polar surface area (TPSA) is 94.5 Å². The molecule has 0 spiro atoms. The van der Waals surface area contributed by atoms with Gasteiger partial charge in [-0.1, -0.05) is 29.8 Å². The van der Waals surface area contributed by atoms with Crippen LogP contribution in [0.25, 0.3) is 10.9 Å². The SMILES string of the molecule is Cc1ccc2c(c1)cc(S(=O)(=O)c1ccccc1)c(=O)n2CC(=O)NC[C@@H]1CCCO1. The van der Waals surface area contributed by atoms with Crippen LogP contribution in [0.1, 0.15) is 18.4 Å². The Kier molecular flexibility index (Phi) is 5.93. The summed E-state index contributed by atoms with van der Waals surface area (Å²) < 4.78 is 33.1. The second-order valence-corrected chi connectivity index (χ2v) is 9.64. The molecule has 1 saturated heterocycles. The standard InChI is InChI=1S/C23H24N2O5S/c1-16-9-10-20-17(12-16)13-21(31(28,29)19-7-3-2-4-8-19)23(27)25(20)15-22(26)24-14-18-6-5-11-30-18/h2-4,7-10,12-13,18H,5-6,11,14-15H2,1H3,(H,24,26)/t18-/m0/s1. The predicted octanol–water partition coefficient (Wildman–Crippen LogP) is 2.44. The minimum Gasteiger partial charge on any atom is -0.376 e. The highest BCUT2D eigenvalue weighted by Crippen LogP contribution is 2.23. The highest BCUT2D eigenvalue weighted by Gasteiger charge is 2.25. The summed E-state index contributed by atoms with van der Waals surface area (Å²) in [5.74, 6) is -0.367. The van der Waals surface area contributed by atoms with Gasteiger partial charge < -0.3 is 10.1 Å². The molecule has 31 heavy (non-hydrogen) atoms. The third kappa shape index (κ3) is 4.40. The van der Waals surface area contributed by atoms with Crippen LogP contribution in [0.5, 0.6) is 0 Å². The summed E-state index contributed by atoms with van der Waals surface area (Å²) in [5.41, 5.74) is 0.714. The number of ether oxygens (including phenoxy) is 1. The van der Waals surface area contributed by atoms with Gasteiger partial charge in [0.2, 0.25) is 15.7 Å². The molecule has 4 rings (SSSR count). The van der Waals surface area contributed by atoms with Gasteiger partial charge in [-0.05, 0) is 50.1 Å². The molecule has 1 aromatic heterocycles. The van der Waals surface area contributed by atoms with Crippen molar-refractivity contribution < 1.29 is 17.9 Å². The van der Waals surface area contributed by atoms with Crippen LogP contribution in [0, 0.1) is 6.92 Å². The van der Waals surface area contributed by atoms with Crippen LogP contribution in [-0.4, -0.2) is 38.1 Å². The maximum atomic E-state index is 13.3. The number of hydrogen-bond acceptors (Lipinski definition) is 5. The van der Waals surface area contributed by atoms with Crippen molar-refractivity contribution in [3.8, 4) is 0 Å². The van der Waals surface area contributed by atoms with Crippen molar-refractivity contribution in [1.82, 2.24) is 9.88 Å². The number of fused-ring (bicyclic) bond motifs is 1. The van der Waals surface area contributed by atoms with Gasteiger partial charge in [-0.3, -0.25) is 14.2 Å². The molecule has 1 amide bonds. The number of hydrogen-bond donors (Lipinski definition) is 1. The third-order valence-corrected chi connectivity index (χ3v) is 7.18.